The maximum absolute atomic E-state index is 12.5. The van der Waals surface area contributed by atoms with Crippen molar-refractivity contribution in [3.8, 4) is 5.75 Å². The Bertz CT molecular complexity index is 1390. The summed E-state index contributed by atoms with van der Waals surface area (Å²) in [6.45, 7) is 0. The lowest BCUT2D eigenvalue weighted by molar-refractivity contribution is -0.115. The minimum atomic E-state index is -4.03. The Morgan fingerprint density at radius 3 is 2.24 bits per heavy atom. The lowest BCUT2D eigenvalue weighted by Crippen LogP contribution is -2.19. The third kappa shape index (κ3) is 5.99. The van der Waals surface area contributed by atoms with Crippen molar-refractivity contribution in [2.75, 3.05) is 0 Å². The number of amides is 1. The maximum atomic E-state index is 12.5. The summed E-state index contributed by atoms with van der Waals surface area (Å²) in [6, 6.07) is 17.4. The Balaban J connectivity index is 1.51. The van der Waals surface area contributed by atoms with Crippen LogP contribution < -0.4 is 9.50 Å². The van der Waals surface area contributed by atoms with E-state index in [1.807, 2.05) is 0 Å². The molecule has 1 amide bonds. The number of thioether (sulfide) groups is 1. The monoisotopic (exact) mass is 582 g/mol. The number of nitrogens with zero attached hydrogens (tertiary/aromatic N) is 1. The summed E-state index contributed by atoms with van der Waals surface area (Å²) in [6.07, 6.45) is 1.67. The van der Waals surface area contributed by atoms with Crippen molar-refractivity contribution in [3.63, 3.8) is 0 Å². The molecule has 3 aromatic rings. The van der Waals surface area contributed by atoms with E-state index in [-0.39, 0.29) is 16.6 Å². The van der Waals surface area contributed by atoms with E-state index in [2.05, 4.69) is 26.2 Å². The number of halogens is 3. The van der Waals surface area contributed by atoms with Gasteiger partial charge in [0, 0.05) is 10.0 Å². The van der Waals surface area contributed by atoms with Gasteiger partial charge in [-0.05, 0) is 100.0 Å². The normalized spacial score (nSPS) is 16.3. The molecule has 4 rings (SSSR count). The van der Waals surface area contributed by atoms with Crippen molar-refractivity contribution >= 4 is 83.9 Å². The lowest BCUT2D eigenvalue weighted by atomic mass is 10.2. The summed E-state index contributed by atoms with van der Waals surface area (Å²) in [7, 11) is -4.03. The first-order chi connectivity index (χ1) is 15.7. The van der Waals surface area contributed by atoms with E-state index >= 15 is 0 Å². The predicted molar refractivity (Wildman–Crippen MR) is 136 cm³/mol. The average molecular weight is 584 g/mol. The number of hydrogen-bond donors (Lipinski definition) is 1. The van der Waals surface area contributed by atoms with E-state index in [1.165, 1.54) is 42.1 Å². The zero-order valence-electron chi connectivity index (χ0n) is 16.5. The molecule has 1 aliphatic rings. The predicted octanol–water partition coefficient (Wildman–Crippen LogP) is 6.42. The maximum Gasteiger partial charge on any atom is 0.339 e. The molecule has 1 fully saturated rings. The van der Waals surface area contributed by atoms with Gasteiger partial charge in [0.25, 0.3) is 5.91 Å². The second-order valence-electron chi connectivity index (χ2n) is 6.64. The van der Waals surface area contributed by atoms with Crippen LogP contribution in [0.15, 0.2) is 86.0 Å². The highest BCUT2D eigenvalue weighted by atomic mass is 79.9. The van der Waals surface area contributed by atoms with Gasteiger partial charge in [-0.3, -0.25) is 4.79 Å². The highest BCUT2D eigenvalue weighted by molar-refractivity contribution is 9.10. The number of nitrogens with one attached hydrogen (secondary N) is 1. The second-order valence-corrected chi connectivity index (χ2v) is 10.9. The van der Waals surface area contributed by atoms with Crippen LogP contribution >= 0.6 is 50.9 Å². The lowest BCUT2D eigenvalue weighted by Gasteiger charge is -2.09. The first-order valence-corrected chi connectivity index (χ1v) is 13.0. The Labute approximate surface area is 212 Å². The number of carbonyl (C=O) groups is 1. The summed E-state index contributed by atoms with van der Waals surface area (Å²) in [5.74, 6) is -0.171. The van der Waals surface area contributed by atoms with Crippen LogP contribution in [0.25, 0.3) is 6.08 Å². The molecule has 1 aliphatic heterocycles. The molecule has 11 heteroatoms. The van der Waals surface area contributed by atoms with E-state index in [4.69, 9.17) is 27.4 Å². The Hall–Kier alpha value is -2.30. The van der Waals surface area contributed by atoms with E-state index in [0.717, 1.165) is 0 Å². The Morgan fingerprint density at radius 1 is 0.970 bits per heavy atom. The van der Waals surface area contributed by atoms with Crippen LogP contribution in [0.2, 0.25) is 10.0 Å². The molecule has 0 unspecified atom stereocenters. The number of benzene rings is 3. The van der Waals surface area contributed by atoms with E-state index < -0.39 is 10.1 Å². The standard InChI is InChI=1S/C22H13BrCl2N2O4S2/c23-18-11-13(1-10-19(18)31-33(29,30)17-8-4-15(25)5-9-17)12-20-21(28)27-22(32-20)26-16-6-2-14(24)3-7-16/h1-12H,(H,26,27,28)/b20-12-. The third-order valence-corrected chi connectivity index (χ3v) is 7.55. The topological polar surface area (TPSA) is 84.8 Å². The zero-order chi connectivity index (χ0) is 23.6. The molecule has 1 N–H and O–H groups in total. The van der Waals surface area contributed by atoms with Crippen LogP contribution in [0.3, 0.4) is 0 Å². The molecule has 168 valence electrons. The van der Waals surface area contributed by atoms with Crippen LogP contribution in [-0.4, -0.2) is 19.5 Å². The van der Waals surface area contributed by atoms with Crippen molar-refractivity contribution in [1.29, 1.82) is 0 Å². The van der Waals surface area contributed by atoms with Gasteiger partial charge in [-0.25, -0.2) is 4.99 Å². The third-order valence-electron chi connectivity index (χ3n) is 4.26. The number of rotatable bonds is 5. The molecule has 0 atom stereocenters. The fraction of sp³-hybridized carbons (Fsp3) is 0. The summed E-state index contributed by atoms with van der Waals surface area (Å²) >= 11 is 16.2. The fourth-order valence-corrected chi connectivity index (χ4v) is 5.33. The fourth-order valence-electron chi connectivity index (χ4n) is 2.71. The summed E-state index contributed by atoms with van der Waals surface area (Å²) in [5, 5.41) is 4.18. The van der Waals surface area contributed by atoms with Crippen LogP contribution in [0.4, 0.5) is 5.69 Å². The zero-order valence-corrected chi connectivity index (χ0v) is 21.2. The summed E-state index contributed by atoms with van der Waals surface area (Å²) in [4.78, 5) is 17.1. The van der Waals surface area contributed by atoms with Crippen LogP contribution in [-0.2, 0) is 14.9 Å². The Kier molecular flexibility index (Phi) is 7.16. The van der Waals surface area contributed by atoms with Crippen LogP contribution in [0, 0.1) is 0 Å². The van der Waals surface area contributed by atoms with Crippen LogP contribution in [0.5, 0.6) is 5.75 Å². The van der Waals surface area contributed by atoms with Crippen molar-refractivity contribution in [1.82, 2.24) is 5.32 Å². The minimum Gasteiger partial charge on any atom is -0.378 e. The van der Waals surface area contributed by atoms with Gasteiger partial charge in [0.05, 0.1) is 15.1 Å². The van der Waals surface area contributed by atoms with Crippen LogP contribution in [0.1, 0.15) is 5.56 Å². The number of hydrogen-bond acceptors (Lipinski definition) is 6. The highest BCUT2D eigenvalue weighted by Gasteiger charge is 2.24. The van der Waals surface area contributed by atoms with Gasteiger partial charge in [0.1, 0.15) is 4.90 Å². The van der Waals surface area contributed by atoms with Crippen molar-refractivity contribution in [2.45, 2.75) is 4.90 Å². The molecular weight excluding hydrogens is 571 g/mol. The molecule has 0 bridgehead atoms. The molecule has 0 spiro atoms. The number of amidine groups is 1. The van der Waals surface area contributed by atoms with Crippen molar-refractivity contribution < 1.29 is 17.4 Å². The highest BCUT2D eigenvalue weighted by Crippen LogP contribution is 2.32. The summed E-state index contributed by atoms with van der Waals surface area (Å²) < 4.78 is 30.7. The van der Waals surface area contributed by atoms with Gasteiger partial charge in [0.2, 0.25) is 0 Å². The first kappa shape index (κ1) is 23.8. The number of carbonyl (C=O) groups excluding carboxylic acids is 1. The molecule has 3 aromatic carbocycles. The largest absolute Gasteiger partial charge is 0.378 e. The van der Waals surface area contributed by atoms with E-state index in [0.29, 0.717) is 35.8 Å². The quantitative estimate of drug-likeness (QED) is 0.277. The first-order valence-electron chi connectivity index (χ1n) is 9.24. The molecular formula is C22H13BrCl2N2O4S2. The smallest absolute Gasteiger partial charge is 0.339 e. The molecule has 0 aliphatic carbocycles. The molecule has 1 saturated heterocycles. The molecule has 33 heavy (non-hydrogen) atoms. The molecule has 0 radical (unpaired) electrons. The average Bonchev–Trinajstić information content (AvgIpc) is 3.10. The molecule has 0 saturated carbocycles. The SMILES string of the molecule is O=C1NC(=Nc2ccc(Cl)cc2)S/C1=C\c1ccc(OS(=O)(=O)c2ccc(Cl)cc2)c(Br)c1. The molecule has 0 aromatic heterocycles. The Morgan fingerprint density at radius 2 is 1.61 bits per heavy atom. The summed E-state index contributed by atoms with van der Waals surface area (Å²) in [5.41, 5.74) is 1.33. The van der Waals surface area contributed by atoms with Gasteiger partial charge in [0.15, 0.2) is 10.9 Å². The van der Waals surface area contributed by atoms with E-state index in [1.54, 1.807) is 42.5 Å². The van der Waals surface area contributed by atoms with Gasteiger partial charge >= 0.3 is 10.1 Å². The molecule has 1 heterocycles. The van der Waals surface area contributed by atoms with Crippen molar-refractivity contribution in [2.24, 2.45) is 4.99 Å². The van der Waals surface area contributed by atoms with Gasteiger partial charge in [-0.2, -0.15) is 8.42 Å². The molecule has 6 nitrogen and oxygen atoms in total. The van der Waals surface area contributed by atoms with Gasteiger partial charge in [-0.1, -0.05) is 29.3 Å². The van der Waals surface area contributed by atoms with Gasteiger partial charge < -0.3 is 9.50 Å². The number of aliphatic imine (C=N–C) groups is 1. The van der Waals surface area contributed by atoms with Gasteiger partial charge in [-0.15, -0.1) is 0 Å². The second kappa shape index (κ2) is 9.90. The van der Waals surface area contributed by atoms with E-state index in [9.17, 15) is 13.2 Å². The van der Waals surface area contributed by atoms with Crippen molar-refractivity contribution in [3.05, 3.63) is 91.7 Å². The minimum absolute atomic E-state index is 0.0171.